The van der Waals surface area contributed by atoms with Crippen LogP contribution in [0.25, 0.3) is 0 Å². The van der Waals surface area contributed by atoms with Crippen LogP contribution in [0, 0.1) is 0 Å². The molecule has 0 aliphatic heterocycles. The fourth-order valence-electron chi connectivity index (χ4n) is 3.09. The Balaban J connectivity index is 2.19. The van der Waals surface area contributed by atoms with Crippen molar-refractivity contribution in [1.82, 2.24) is 10.2 Å². The van der Waals surface area contributed by atoms with E-state index in [2.05, 4.69) is 5.32 Å². The molecule has 2 aromatic carbocycles. The number of ether oxygens (including phenoxy) is 1. The second-order valence-corrected chi connectivity index (χ2v) is 6.40. The molecule has 0 bridgehead atoms. The van der Waals surface area contributed by atoms with E-state index in [1.165, 1.54) is 0 Å². The molecular weight excluding hydrogens is 340 g/mol. The first-order valence-electron chi connectivity index (χ1n) is 9.27. The Morgan fingerprint density at radius 2 is 1.78 bits per heavy atom. The highest BCUT2D eigenvalue weighted by molar-refractivity contribution is 5.87. The van der Waals surface area contributed by atoms with Crippen LogP contribution in [0.15, 0.2) is 54.6 Å². The van der Waals surface area contributed by atoms with Gasteiger partial charge in [0.2, 0.25) is 11.8 Å². The van der Waals surface area contributed by atoms with Gasteiger partial charge in [-0.15, -0.1) is 0 Å². The molecule has 1 atom stereocenters. The smallest absolute Gasteiger partial charge is 0.242 e. The van der Waals surface area contributed by atoms with Gasteiger partial charge >= 0.3 is 0 Å². The minimum Gasteiger partial charge on any atom is -0.497 e. The van der Waals surface area contributed by atoms with Crippen molar-refractivity contribution >= 4 is 11.8 Å². The van der Waals surface area contributed by atoms with Crippen LogP contribution in [0.3, 0.4) is 0 Å². The van der Waals surface area contributed by atoms with Gasteiger partial charge in [0.05, 0.1) is 7.11 Å². The first kappa shape index (κ1) is 20.5. The summed E-state index contributed by atoms with van der Waals surface area (Å²) in [5.74, 6) is 0.558. The van der Waals surface area contributed by atoms with Gasteiger partial charge in [-0.25, -0.2) is 0 Å². The van der Waals surface area contributed by atoms with E-state index < -0.39 is 6.04 Å². The molecule has 2 aromatic rings. The van der Waals surface area contributed by atoms with Crippen molar-refractivity contribution < 1.29 is 14.3 Å². The fraction of sp³-hybridized carbons (Fsp3) is 0.364. The lowest BCUT2D eigenvalue weighted by Crippen LogP contribution is -2.48. The number of aryl methyl sites for hydroxylation is 1. The molecule has 144 valence electrons. The number of rotatable bonds is 9. The van der Waals surface area contributed by atoms with Crippen molar-refractivity contribution in [3.05, 3.63) is 65.7 Å². The average Bonchev–Trinajstić information content (AvgIpc) is 2.72. The van der Waals surface area contributed by atoms with Crippen molar-refractivity contribution in [2.45, 2.75) is 38.8 Å². The summed E-state index contributed by atoms with van der Waals surface area (Å²) in [6.45, 7) is 2.29. The molecule has 27 heavy (non-hydrogen) atoms. The summed E-state index contributed by atoms with van der Waals surface area (Å²) in [4.78, 5) is 27.0. The van der Waals surface area contributed by atoms with Crippen molar-refractivity contribution in [3.63, 3.8) is 0 Å². The van der Waals surface area contributed by atoms with Crippen LogP contribution in [0.2, 0.25) is 0 Å². The lowest BCUT2D eigenvalue weighted by Gasteiger charge is -2.30. The van der Waals surface area contributed by atoms with Gasteiger partial charge < -0.3 is 15.0 Å². The van der Waals surface area contributed by atoms with Crippen LogP contribution < -0.4 is 10.1 Å². The van der Waals surface area contributed by atoms with Gasteiger partial charge in [0.25, 0.3) is 0 Å². The van der Waals surface area contributed by atoms with Crippen LogP contribution in [-0.2, 0) is 22.6 Å². The molecule has 0 unspecified atom stereocenters. The van der Waals surface area contributed by atoms with Gasteiger partial charge in [-0.1, -0.05) is 49.4 Å². The third-order valence-corrected chi connectivity index (χ3v) is 4.59. The highest BCUT2D eigenvalue weighted by atomic mass is 16.5. The van der Waals surface area contributed by atoms with Crippen LogP contribution in [-0.4, -0.2) is 36.9 Å². The zero-order valence-electron chi connectivity index (χ0n) is 16.3. The molecule has 1 N–H and O–H groups in total. The van der Waals surface area contributed by atoms with Crippen LogP contribution in [0.1, 0.15) is 30.9 Å². The van der Waals surface area contributed by atoms with E-state index in [1.807, 2.05) is 61.5 Å². The topological polar surface area (TPSA) is 58.6 Å². The number of hydrogen-bond acceptors (Lipinski definition) is 3. The quantitative estimate of drug-likeness (QED) is 0.740. The molecule has 0 saturated carbocycles. The molecule has 5 nitrogen and oxygen atoms in total. The maximum atomic E-state index is 13.0. The summed E-state index contributed by atoms with van der Waals surface area (Å²) in [5, 5.41) is 2.68. The lowest BCUT2D eigenvalue weighted by atomic mass is 10.1. The number of nitrogens with zero attached hydrogens (tertiary/aromatic N) is 1. The average molecular weight is 368 g/mol. The maximum Gasteiger partial charge on any atom is 0.242 e. The summed E-state index contributed by atoms with van der Waals surface area (Å²) < 4.78 is 5.27. The Morgan fingerprint density at radius 3 is 2.41 bits per heavy atom. The zero-order chi connectivity index (χ0) is 19.6. The second-order valence-electron chi connectivity index (χ2n) is 6.40. The van der Waals surface area contributed by atoms with E-state index in [-0.39, 0.29) is 11.8 Å². The predicted octanol–water partition coefficient (Wildman–Crippen LogP) is 3.18. The third-order valence-electron chi connectivity index (χ3n) is 4.59. The summed E-state index contributed by atoms with van der Waals surface area (Å²) in [7, 11) is 3.21. The minimum atomic E-state index is -0.496. The number of methoxy groups -OCH3 is 1. The molecule has 2 amide bonds. The molecule has 0 aromatic heterocycles. The number of hydrogen-bond donors (Lipinski definition) is 1. The maximum absolute atomic E-state index is 13.0. The third kappa shape index (κ3) is 5.84. The van der Waals surface area contributed by atoms with Gasteiger partial charge in [-0.3, -0.25) is 9.59 Å². The van der Waals surface area contributed by atoms with Crippen LogP contribution >= 0.6 is 0 Å². The van der Waals surface area contributed by atoms with Crippen LogP contribution in [0.5, 0.6) is 5.75 Å². The Hall–Kier alpha value is -2.82. The molecule has 5 heteroatoms. The summed E-state index contributed by atoms with van der Waals surface area (Å²) in [6, 6.07) is 17.0. The first-order valence-corrected chi connectivity index (χ1v) is 9.27. The second kappa shape index (κ2) is 10.4. The molecule has 0 heterocycles. The van der Waals surface area contributed by atoms with Gasteiger partial charge in [-0.05, 0) is 36.1 Å². The molecule has 0 fully saturated rings. The molecule has 0 saturated heterocycles. The standard InChI is InChI=1S/C22H28N2O3/c1-4-20(22(26)23-2)24(16-18-11-8-12-19(15-18)27-3)21(25)14-13-17-9-6-5-7-10-17/h5-12,15,20H,4,13-14,16H2,1-3H3,(H,23,26)/t20-/m0/s1. The summed E-state index contributed by atoms with van der Waals surface area (Å²) >= 11 is 0. The van der Waals surface area contributed by atoms with Crippen molar-refractivity contribution in [2.24, 2.45) is 0 Å². The number of nitrogens with one attached hydrogen (secondary N) is 1. The number of benzene rings is 2. The lowest BCUT2D eigenvalue weighted by molar-refractivity contribution is -0.141. The highest BCUT2D eigenvalue weighted by Crippen LogP contribution is 2.18. The zero-order valence-corrected chi connectivity index (χ0v) is 16.3. The van der Waals surface area contributed by atoms with Crippen molar-refractivity contribution in [3.8, 4) is 5.75 Å². The van der Waals surface area contributed by atoms with E-state index in [0.29, 0.717) is 25.8 Å². The monoisotopic (exact) mass is 368 g/mol. The molecule has 0 spiro atoms. The molecular formula is C22H28N2O3. The van der Waals surface area contributed by atoms with Crippen LogP contribution in [0.4, 0.5) is 0 Å². The van der Waals surface area contributed by atoms with Gasteiger partial charge in [0, 0.05) is 20.0 Å². The van der Waals surface area contributed by atoms with E-state index in [4.69, 9.17) is 4.74 Å². The normalized spacial score (nSPS) is 11.5. The van der Waals surface area contributed by atoms with E-state index in [0.717, 1.165) is 16.9 Å². The van der Waals surface area contributed by atoms with E-state index in [1.54, 1.807) is 19.1 Å². The molecule has 0 aliphatic carbocycles. The molecule has 2 rings (SSSR count). The Kier molecular flexibility index (Phi) is 7.86. The van der Waals surface area contributed by atoms with Gasteiger partial charge in [-0.2, -0.15) is 0 Å². The Morgan fingerprint density at radius 1 is 1.07 bits per heavy atom. The van der Waals surface area contributed by atoms with Crippen molar-refractivity contribution in [1.29, 1.82) is 0 Å². The minimum absolute atomic E-state index is 0.0304. The van der Waals surface area contributed by atoms with Crippen molar-refractivity contribution in [2.75, 3.05) is 14.2 Å². The highest BCUT2D eigenvalue weighted by Gasteiger charge is 2.27. The molecule has 0 radical (unpaired) electrons. The fourth-order valence-corrected chi connectivity index (χ4v) is 3.09. The van der Waals surface area contributed by atoms with E-state index >= 15 is 0 Å². The number of likely N-dealkylation sites (N-methyl/N-ethyl adjacent to an activating group) is 1. The first-order chi connectivity index (χ1) is 13.1. The van der Waals surface area contributed by atoms with Gasteiger partial charge in [0.1, 0.15) is 11.8 Å². The summed E-state index contributed by atoms with van der Waals surface area (Å²) in [5.41, 5.74) is 2.05. The predicted molar refractivity (Wildman–Crippen MR) is 106 cm³/mol. The number of carbonyl (C=O) groups is 2. The van der Waals surface area contributed by atoms with E-state index in [9.17, 15) is 9.59 Å². The Bertz CT molecular complexity index is 746. The largest absolute Gasteiger partial charge is 0.497 e. The number of carbonyl (C=O) groups excluding carboxylic acids is 2. The summed E-state index contributed by atoms with van der Waals surface area (Å²) in [6.07, 6.45) is 1.57. The SMILES string of the molecule is CC[C@@H](C(=O)NC)N(Cc1cccc(OC)c1)C(=O)CCc1ccccc1. The molecule has 0 aliphatic rings. The Labute approximate surface area is 161 Å². The van der Waals surface area contributed by atoms with Gasteiger partial charge in [0.15, 0.2) is 0 Å². The number of amides is 2.